The Bertz CT molecular complexity index is 3460. The quantitative estimate of drug-likeness (QED) is 0.0357. The van der Waals surface area contributed by atoms with Crippen LogP contribution >= 0.6 is 0 Å². The number of carboxylic acid groups (broad SMARTS) is 1. The molecule has 0 aliphatic rings. The summed E-state index contributed by atoms with van der Waals surface area (Å²) in [6.45, 7) is 23.1. The van der Waals surface area contributed by atoms with Crippen LogP contribution in [0.3, 0.4) is 0 Å². The largest absolute Gasteiger partial charge is 0.479 e. The molecule has 0 radical (unpaired) electrons. The Balaban J connectivity index is 0.000000608. The number of amides is 1. The summed E-state index contributed by atoms with van der Waals surface area (Å²) in [5.74, 6) is -2.89. The molecule has 2 atom stereocenters. The van der Waals surface area contributed by atoms with Crippen LogP contribution in [0.2, 0.25) is 0 Å². The monoisotopic (exact) mass is 1240 g/mol. The van der Waals surface area contributed by atoms with Crippen molar-refractivity contribution in [3.63, 3.8) is 0 Å². The lowest BCUT2D eigenvalue weighted by Crippen LogP contribution is -2.46. The number of ether oxygens (including phenoxy) is 6. The molecule has 0 aliphatic carbocycles. The molecule has 30 heteroatoms. The summed E-state index contributed by atoms with van der Waals surface area (Å²) in [5.41, 5.74) is 8.83. The summed E-state index contributed by atoms with van der Waals surface area (Å²) < 4.78 is 85.4. The number of hydrogen-bond acceptors (Lipinski definition) is 22. The molecule has 1 amide bonds. The van der Waals surface area contributed by atoms with Crippen molar-refractivity contribution in [2.45, 2.75) is 147 Å². The number of imidazole rings is 2. The first kappa shape index (κ1) is 75.5. The zero-order chi connectivity index (χ0) is 63.9. The minimum atomic E-state index is -3.42. The van der Waals surface area contributed by atoms with Gasteiger partial charge in [-0.3, -0.25) is 9.59 Å². The van der Waals surface area contributed by atoms with Crippen molar-refractivity contribution in [3.8, 4) is 0 Å². The van der Waals surface area contributed by atoms with Crippen molar-refractivity contribution < 1.29 is 84.2 Å². The number of carboxylic acids is 1. The average molecular weight is 1240 g/mol. The number of aliphatic hydroxyl groups excluding tert-OH is 1. The van der Waals surface area contributed by atoms with E-state index in [2.05, 4.69) is 48.7 Å². The Morgan fingerprint density at radius 3 is 1.51 bits per heavy atom. The van der Waals surface area contributed by atoms with Crippen LogP contribution in [0.15, 0.2) is 48.5 Å². The van der Waals surface area contributed by atoms with Gasteiger partial charge in [-0.25, -0.2) is 65.4 Å². The van der Waals surface area contributed by atoms with Crippen LogP contribution in [-0.2, 0) is 104 Å². The zero-order valence-corrected chi connectivity index (χ0v) is 51.8. The number of pyridine rings is 2. The first-order valence-corrected chi connectivity index (χ1v) is 30.2. The lowest BCUT2D eigenvalue weighted by molar-refractivity contribution is -0.177. The van der Waals surface area contributed by atoms with Gasteiger partial charge < -0.3 is 58.8 Å². The number of sulfonamides is 2. The summed E-state index contributed by atoms with van der Waals surface area (Å²) in [6, 6.07) is 15.3. The van der Waals surface area contributed by atoms with Gasteiger partial charge in [0.1, 0.15) is 42.5 Å². The van der Waals surface area contributed by atoms with E-state index in [1.807, 2.05) is 113 Å². The van der Waals surface area contributed by atoms with Crippen molar-refractivity contribution in [3.05, 3.63) is 60.2 Å². The SMILES string of the molecule is C.CC.CC(OC(=O)C(C)OC(=O)COC(=O)CO)C(=O)O.CCOC(C)=O.CCOCc1nc2c(N)nc3ccccc3c2n1CC(C)(C)NS(C)(=O)=O.CCOCc1nc2c(NC(C)=O)nc3ccccc3c2n1CC(C)(C)NS(C)(=O)=O. The van der Waals surface area contributed by atoms with Gasteiger partial charge in [0.2, 0.25) is 26.0 Å². The Morgan fingerprint density at radius 1 is 0.659 bits per heavy atom. The molecule has 7 N–H and O–H groups in total. The second-order valence-electron chi connectivity index (χ2n) is 19.4. The van der Waals surface area contributed by atoms with E-state index in [1.54, 1.807) is 6.92 Å². The lowest BCUT2D eigenvalue weighted by Gasteiger charge is -2.27. The highest BCUT2D eigenvalue weighted by Gasteiger charge is 2.30. The maximum atomic E-state index is 11.9. The van der Waals surface area contributed by atoms with Gasteiger partial charge in [0, 0.05) is 62.0 Å². The Labute approximate surface area is 495 Å². The third-order valence-corrected chi connectivity index (χ3v) is 12.5. The molecule has 6 rings (SSSR count). The van der Waals surface area contributed by atoms with Gasteiger partial charge in [-0.1, -0.05) is 57.7 Å². The molecule has 2 aromatic carbocycles. The first-order valence-electron chi connectivity index (χ1n) is 26.4. The number of fused-ring (bicyclic) bond motifs is 6. The van der Waals surface area contributed by atoms with Gasteiger partial charge >= 0.3 is 29.8 Å². The summed E-state index contributed by atoms with van der Waals surface area (Å²) in [4.78, 5) is 83.3. The molecule has 0 bridgehead atoms. The molecule has 0 fully saturated rings. The van der Waals surface area contributed by atoms with Crippen LogP contribution in [0.25, 0.3) is 43.9 Å². The number of carbonyl (C=O) groups is 6. The number of rotatable bonds is 23. The number of nitrogen functional groups attached to an aromatic ring is 1. The first-order chi connectivity index (χ1) is 39.2. The molecule has 4 heterocycles. The fourth-order valence-electron chi connectivity index (χ4n) is 7.84. The second-order valence-corrected chi connectivity index (χ2v) is 22.9. The molecule has 28 nitrogen and oxygen atoms in total. The van der Waals surface area contributed by atoms with E-state index in [0.29, 0.717) is 79.4 Å². The minimum absolute atomic E-state index is 0. The fourth-order valence-corrected chi connectivity index (χ4v) is 9.97. The predicted molar refractivity (Wildman–Crippen MR) is 321 cm³/mol. The topological polar surface area (TPSA) is 390 Å². The van der Waals surface area contributed by atoms with E-state index in [0.717, 1.165) is 46.8 Å². The van der Waals surface area contributed by atoms with Gasteiger partial charge in [-0.2, -0.15) is 0 Å². The number of nitrogens with zero attached hydrogens (tertiary/aromatic N) is 6. The highest BCUT2D eigenvalue weighted by molar-refractivity contribution is 7.89. The number of nitrogens with one attached hydrogen (secondary N) is 3. The van der Waals surface area contributed by atoms with E-state index in [1.165, 1.54) is 20.8 Å². The number of carbonyl (C=O) groups excluding carboxylic acids is 5. The third kappa shape index (κ3) is 24.9. The molecular weight excluding hydrogens is 1150 g/mol. The van der Waals surface area contributed by atoms with Crippen molar-refractivity contribution in [1.29, 1.82) is 0 Å². The van der Waals surface area contributed by atoms with Crippen LogP contribution in [0.1, 0.15) is 109 Å². The van der Waals surface area contributed by atoms with Crippen molar-refractivity contribution in [2.75, 3.05) is 56.6 Å². The smallest absolute Gasteiger partial charge is 0.347 e. The van der Waals surface area contributed by atoms with E-state index >= 15 is 0 Å². The number of nitrogens with two attached hydrogens (primary N) is 1. The fraction of sp³-hybridized carbons (Fsp3) is 0.527. The second kappa shape index (κ2) is 34.5. The zero-order valence-electron chi connectivity index (χ0n) is 50.1. The van der Waals surface area contributed by atoms with Gasteiger partial charge in [-0.05, 0) is 74.4 Å². The summed E-state index contributed by atoms with van der Waals surface area (Å²) in [6.07, 6.45) is -0.432. The highest BCUT2D eigenvalue weighted by atomic mass is 32.2. The summed E-state index contributed by atoms with van der Waals surface area (Å²) in [7, 11) is -6.79. The Kier molecular flexibility index (Phi) is 30.6. The van der Waals surface area contributed by atoms with Crippen molar-refractivity contribution >= 4 is 111 Å². The number of esters is 4. The maximum absolute atomic E-state index is 11.9. The van der Waals surface area contributed by atoms with Crippen molar-refractivity contribution in [2.24, 2.45) is 0 Å². The standard InChI is InChI=1S/C20H27N5O4S.C18H25N5O3S.C10H14O9.C4H8O2.C2H6.CH4/c1-6-29-11-16-23-17-18(25(16)12-20(3,4)24-30(5,27)28)14-9-7-8-10-15(14)22-19(17)21-13(2)26;1-5-26-10-14-21-15-16(12-8-6-7-9-13(12)20-17(15)19)23(14)11-18(2,3)22-27(4,24)25;1-5(9(14)15)19-10(16)6(2)18-8(13)4-17-7(12)3-11;1-3-6-4(2)5;1-2;/h7-10,24H,6,11-12H2,1-5H3,(H,21,22,26);6-9,22H,5,10-11H2,1-4H3,(H2,19,20);5-6,11H,3-4H2,1-2H3,(H,14,15);3H2,1-2H3;1-2H3;1H4. The van der Waals surface area contributed by atoms with Crippen LogP contribution in [0.4, 0.5) is 11.6 Å². The van der Waals surface area contributed by atoms with E-state index in [9.17, 15) is 45.6 Å². The number of aliphatic hydroxyl groups is 1. The highest BCUT2D eigenvalue weighted by Crippen LogP contribution is 2.33. The number of aliphatic carboxylic acids is 1. The molecule has 0 saturated carbocycles. The van der Waals surface area contributed by atoms with Gasteiger partial charge in [0.15, 0.2) is 30.5 Å². The van der Waals surface area contributed by atoms with E-state index in [4.69, 9.17) is 30.4 Å². The molecule has 4 aromatic heterocycles. The molecule has 0 spiro atoms. The Hall–Kier alpha value is -7.48. The maximum Gasteiger partial charge on any atom is 0.347 e. The molecule has 2 unspecified atom stereocenters. The van der Waals surface area contributed by atoms with Gasteiger partial charge in [0.05, 0.1) is 41.2 Å². The van der Waals surface area contributed by atoms with Crippen LogP contribution in [-0.4, -0.2) is 161 Å². The summed E-state index contributed by atoms with van der Waals surface area (Å²) in [5, 5.41) is 21.3. The number of aromatic nitrogens is 6. The molecular formula is C55H84N10O18S2. The molecule has 0 saturated heterocycles. The van der Waals surface area contributed by atoms with Gasteiger partial charge in [0.25, 0.3) is 0 Å². The van der Waals surface area contributed by atoms with Gasteiger partial charge in [-0.15, -0.1) is 0 Å². The Morgan fingerprint density at radius 2 is 1.11 bits per heavy atom. The van der Waals surface area contributed by atoms with Crippen LogP contribution in [0.5, 0.6) is 0 Å². The lowest BCUT2D eigenvalue weighted by atomic mass is 10.1. The molecule has 6 aromatic rings. The van der Waals surface area contributed by atoms with Crippen molar-refractivity contribution in [1.82, 2.24) is 38.5 Å². The number of anilines is 2. The average Bonchev–Trinajstić information content (AvgIpc) is 1.79. The van der Waals surface area contributed by atoms with E-state index < -0.39 is 80.4 Å². The third-order valence-electron chi connectivity index (χ3n) is 10.7. The minimum Gasteiger partial charge on any atom is -0.479 e. The van der Waals surface area contributed by atoms with Crippen LogP contribution < -0.4 is 20.5 Å². The number of hydrogen-bond donors (Lipinski definition) is 6. The molecule has 0 aliphatic heterocycles. The van der Waals surface area contributed by atoms with Crippen LogP contribution in [0, 0.1) is 0 Å². The van der Waals surface area contributed by atoms with E-state index in [-0.39, 0.29) is 25.9 Å². The molecule has 474 valence electrons. The molecule has 85 heavy (non-hydrogen) atoms. The normalized spacial score (nSPS) is 12.0. The number of para-hydroxylation sites is 2. The number of benzene rings is 2. The predicted octanol–water partition coefficient (Wildman–Crippen LogP) is 5.14. The summed E-state index contributed by atoms with van der Waals surface area (Å²) >= 11 is 0.